The van der Waals surface area contributed by atoms with E-state index < -0.39 is 0 Å². The number of nitrogens with zero attached hydrogens (tertiary/aromatic N) is 3. The second-order valence-corrected chi connectivity index (χ2v) is 7.32. The minimum absolute atomic E-state index is 0.265. The van der Waals surface area contributed by atoms with Gasteiger partial charge in [-0.05, 0) is 30.2 Å². The Balaban J connectivity index is 1.50. The molecular formula is C24H21N5O2. The molecule has 0 atom stereocenters. The SMILES string of the molecule is Cc1ncnc2c1c(NCc1cccc3[nH]ccc13)cc(=O)n2OCc1ccccc1. The van der Waals surface area contributed by atoms with Gasteiger partial charge >= 0.3 is 0 Å². The van der Waals surface area contributed by atoms with Crippen molar-refractivity contribution < 1.29 is 4.84 Å². The van der Waals surface area contributed by atoms with Crippen LogP contribution in [0.3, 0.4) is 0 Å². The summed E-state index contributed by atoms with van der Waals surface area (Å²) in [5, 5.41) is 5.31. The number of pyridine rings is 1. The van der Waals surface area contributed by atoms with Crippen LogP contribution in [0.15, 0.2) is 78.0 Å². The van der Waals surface area contributed by atoms with E-state index in [1.54, 1.807) is 6.07 Å². The average molecular weight is 411 g/mol. The van der Waals surface area contributed by atoms with Crippen molar-refractivity contribution >= 4 is 27.6 Å². The molecule has 7 nitrogen and oxygen atoms in total. The number of hydrogen-bond acceptors (Lipinski definition) is 5. The molecule has 0 aliphatic carbocycles. The lowest BCUT2D eigenvalue weighted by molar-refractivity contribution is 0.0979. The van der Waals surface area contributed by atoms with Crippen molar-refractivity contribution in [3.63, 3.8) is 0 Å². The quantitative estimate of drug-likeness (QED) is 0.444. The number of aromatic nitrogens is 4. The molecule has 0 aliphatic rings. The number of H-pyrrole nitrogens is 1. The molecule has 0 bridgehead atoms. The predicted octanol–water partition coefficient (Wildman–Crippen LogP) is 3.82. The molecule has 0 saturated carbocycles. The van der Waals surface area contributed by atoms with Gasteiger partial charge in [0.05, 0.1) is 16.8 Å². The second kappa shape index (κ2) is 7.95. The summed E-state index contributed by atoms with van der Waals surface area (Å²) in [6, 6.07) is 19.4. The third-order valence-corrected chi connectivity index (χ3v) is 5.30. The van der Waals surface area contributed by atoms with E-state index in [4.69, 9.17) is 4.84 Å². The summed E-state index contributed by atoms with van der Waals surface area (Å²) in [6.07, 6.45) is 3.37. The topological polar surface area (TPSA) is 84.8 Å². The first-order valence-electron chi connectivity index (χ1n) is 10.0. The highest BCUT2D eigenvalue weighted by atomic mass is 16.7. The van der Waals surface area contributed by atoms with Gasteiger partial charge in [0.2, 0.25) is 0 Å². The highest BCUT2D eigenvalue weighted by Gasteiger charge is 2.14. The van der Waals surface area contributed by atoms with Crippen LogP contribution in [0.5, 0.6) is 0 Å². The fourth-order valence-electron chi connectivity index (χ4n) is 3.76. The average Bonchev–Trinajstić information content (AvgIpc) is 3.27. The van der Waals surface area contributed by atoms with Crippen LogP contribution in [0.4, 0.5) is 5.69 Å². The van der Waals surface area contributed by atoms with Gasteiger partial charge in [0.1, 0.15) is 12.9 Å². The summed E-state index contributed by atoms with van der Waals surface area (Å²) in [7, 11) is 0. The van der Waals surface area contributed by atoms with Crippen molar-refractivity contribution in [3.8, 4) is 0 Å². The summed E-state index contributed by atoms with van der Waals surface area (Å²) in [4.78, 5) is 30.6. The van der Waals surface area contributed by atoms with E-state index in [-0.39, 0.29) is 12.2 Å². The van der Waals surface area contributed by atoms with Gasteiger partial charge in [0.25, 0.3) is 5.56 Å². The molecule has 3 aromatic heterocycles. The van der Waals surface area contributed by atoms with Gasteiger partial charge in [-0.1, -0.05) is 42.5 Å². The van der Waals surface area contributed by atoms with Crippen molar-refractivity contribution in [2.45, 2.75) is 20.1 Å². The molecule has 0 fully saturated rings. The molecule has 0 aliphatic heterocycles. The van der Waals surface area contributed by atoms with Crippen LogP contribution in [0.1, 0.15) is 16.8 Å². The van der Waals surface area contributed by atoms with Crippen molar-refractivity contribution in [1.82, 2.24) is 19.7 Å². The van der Waals surface area contributed by atoms with E-state index in [0.29, 0.717) is 17.9 Å². The first-order valence-corrected chi connectivity index (χ1v) is 10.0. The van der Waals surface area contributed by atoms with Gasteiger partial charge < -0.3 is 15.1 Å². The highest BCUT2D eigenvalue weighted by Crippen LogP contribution is 2.24. The number of hydrogen-bond donors (Lipinski definition) is 2. The van der Waals surface area contributed by atoms with Crippen LogP contribution >= 0.6 is 0 Å². The molecule has 7 heteroatoms. The van der Waals surface area contributed by atoms with Crippen molar-refractivity contribution in [2.75, 3.05) is 5.32 Å². The third kappa shape index (κ3) is 3.61. The van der Waals surface area contributed by atoms with Crippen LogP contribution < -0.4 is 15.7 Å². The largest absolute Gasteiger partial charge is 0.404 e. The second-order valence-electron chi connectivity index (χ2n) is 7.32. The van der Waals surface area contributed by atoms with Crippen LogP contribution in [-0.4, -0.2) is 19.7 Å². The normalized spacial score (nSPS) is 11.1. The van der Waals surface area contributed by atoms with Crippen molar-refractivity contribution in [2.24, 2.45) is 0 Å². The lowest BCUT2D eigenvalue weighted by Gasteiger charge is -2.15. The number of rotatable bonds is 6. The van der Waals surface area contributed by atoms with Crippen LogP contribution in [0, 0.1) is 6.92 Å². The van der Waals surface area contributed by atoms with Gasteiger partial charge in [-0.2, -0.15) is 0 Å². The van der Waals surface area contributed by atoms with Gasteiger partial charge in [-0.15, -0.1) is 4.73 Å². The van der Waals surface area contributed by atoms with E-state index >= 15 is 0 Å². The number of aromatic amines is 1. The smallest absolute Gasteiger partial charge is 0.287 e. The summed E-state index contributed by atoms with van der Waals surface area (Å²) in [5.41, 5.74) is 4.78. The maximum atomic E-state index is 12.9. The van der Waals surface area contributed by atoms with Crippen LogP contribution in [0.25, 0.3) is 21.9 Å². The Hall–Kier alpha value is -4.13. The number of aryl methyl sites for hydroxylation is 1. The number of nitrogens with one attached hydrogen (secondary N) is 2. The highest BCUT2D eigenvalue weighted by molar-refractivity contribution is 5.91. The summed E-state index contributed by atoms with van der Waals surface area (Å²) in [6.45, 7) is 2.72. The maximum absolute atomic E-state index is 12.9. The molecular weight excluding hydrogens is 390 g/mol. The Labute approximate surface area is 178 Å². The predicted molar refractivity (Wildman–Crippen MR) is 121 cm³/mol. The van der Waals surface area contributed by atoms with E-state index in [2.05, 4.69) is 26.3 Å². The first-order chi connectivity index (χ1) is 15.2. The van der Waals surface area contributed by atoms with Crippen LogP contribution in [-0.2, 0) is 13.2 Å². The fraction of sp³-hybridized carbons (Fsp3) is 0.125. The van der Waals surface area contributed by atoms with Gasteiger partial charge in [-0.25, -0.2) is 9.97 Å². The minimum atomic E-state index is -0.288. The molecule has 0 spiro atoms. The zero-order chi connectivity index (χ0) is 21.2. The molecule has 2 aromatic carbocycles. The van der Waals surface area contributed by atoms with Crippen LogP contribution in [0.2, 0.25) is 0 Å². The van der Waals surface area contributed by atoms with Crippen molar-refractivity contribution in [1.29, 1.82) is 0 Å². The Bertz CT molecular complexity index is 1420. The summed E-state index contributed by atoms with van der Waals surface area (Å²) in [5.74, 6) is 0. The van der Waals surface area contributed by atoms with E-state index in [1.807, 2.05) is 61.7 Å². The maximum Gasteiger partial charge on any atom is 0.287 e. The Kier molecular flexibility index (Phi) is 4.84. The van der Waals surface area contributed by atoms with Gasteiger partial charge in [-0.3, -0.25) is 4.79 Å². The molecule has 5 aromatic rings. The molecule has 0 saturated heterocycles. The van der Waals surface area contributed by atoms with E-state index in [9.17, 15) is 4.79 Å². The Morgan fingerprint density at radius 1 is 1.06 bits per heavy atom. The molecule has 154 valence electrons. The lowest BCUT2D eigenvalue weighted by Crippen LogP contribution is -2.28. The standard InChI is InChI=1S/C24H21N5O2/c1-16-23-21(26-13-18-8-5-9-20-19(18)10-11-25-20)12-22(30)29(24(23)28-15-27-16)31-14-17-6-3-2-4-7-17/h2-12,15,25-26H,13-14H2,1H3. The summed E-state index contributed by atoms with van der Waals surface area (Å²) < 4.78 is 1.25. The fourth-order valence-corrected chi connectivity index (χ4v) is 3.76. The zero-order valence-corrected chi connectivity index (χ0v) is 17.0. The molecule has 0 amide bonds. The number of anilines is 1. The molecule has 2 N–H and O–H groups in total. The lowest BCUT2D eigenvalue weighted by atomic mass is 10.1. The molecule has 31 heavy (non-hydrogen) atoms. The molecule has 0 radical (unpaired) electrons. The molecule has 0 unspecified atom stereocenters. The van der Waals surface area contributed by atoms with Gasteiger partial charge in [0, 0.05) is 29.7 Å². The minimum Gasteiger partial charge on any atom is -0.404 e. The molecule has 3 heterocycles. The zero-order valence-electron chi connectivity index (χ0n) is 17.0. The third-order valence-electron chi connectivity index (χ3n) is 5.30. The van der Waals surface area contributed by atoms with E-state index in [1.165, 1.54) is 11.1 Å². The Morgan fingerprint density at radius 2 is 1.94 bits per heavy atom. The number of fused-ring (bicyclic) bond motifs is 2. The first kappa shape index (κ1) is 18.9. The monoisotopic (exact) mass is 411 g/mol. The van der Waals surface area contributed by atoms with Gasteiger partial charge in [0.15, 0.2) is 5.65 Å². The van der Waals surface area contributed by atoms with E-state index in [0.717, 1.165) is 33.1 Å². The summed E-state index contributed by atoms with van der Waals surface area (Å²) >= 11 is 0. The number of benzene rings is 2. The van der Waals surface area contributed by atoms with Crippen molar-refractivity contribution in [3.05, 3.63) is 100 Å². The molecule has 5 rings (SSSR count). The Morgan fingerprint density at radius 3 is 2.81 bits per heavy atom.